The first-order chi connectivity index (χ1) is 11.1. The SMILES string of the molecule is C=C(NC(C(=C)C)C1(C)CCCCC1)N[C@@](C)(CCC)CC(C)C. The highest BCUT2D eigenvalue weighted by atomic mass is 15.1. The third-order valence-corrected chi connectivity index (χ3v) is 5.62. The molecule has 0 heterocycles. The second-order valence-electron chi connectivity index (χ2n) is 9.15. The fourth-order valence-electron chi connectivity index (χ4n) is 4.78. The van der Waals surface area contributed by atoms with Crippen LogP contribution in [0.3, 0.4) is 0 Å². The molecule has 24 heavy (non-hydrogen) atoms. The molecular formula is C22H42N2. The van der Waals surface area contributed by atoms with E-state index in [1.54, 1.807) is 0 Å². The monoisotopic (exact) mass is 334 g/mol. The molecule has 0 aromatic carbocycles. The Bertz CT molecular complexity index is 418. The van der Waals surface area contributed by atoms with Crippen molar-refractivity contribution in [1.29, 1.82) is 0 Å². The van der Waals surface area contributed by atoms with Crippen LogP contribution in [-0.4, -0.2) is 11.6 Å². The van der Waals surface area contributed by atoms with Gasteiger partial charge in [0.1, 0.15) is 0 Å². The molecule has 0 aliphatic heterocycles. The van der Waals surface area contributed by atoms with Crippen LogP contribution in [0.4, 0.5) is 0 Å². The molecule has 0 aromatic heterocycles. The van der Waals surface area contributed by atoms with Gasteiger partial charge in [-0.3, -0.25) is 0 Å². The van der Waals surface area contributed by atoms with Crippen LogP contribution in [-0.2, 0) is 0 Å². The van der Waals surface area contributed by atoms with Crippen molar-refractivity contribution in [2.75, 3.05) is 0 Å². The van der Waals surface area contributed by atoms with Gasteiger partial charge < -0.3 is 10.6 Å². The van der Waals surface area contributed by atoms with Gasteiger partial charge in [0.2, 0.25) is 0 Å². The van der Waals surface area contributed by atoms with Gasteiger partial charge in [-0.1, -0.05) is 72.1 Å². The maximum Gasteiger partial charge on any atom is 0.0921 e. The average molecular weight is 335 g/mol. The summed E-state index contributed by atoms with van der Waals surface area (Å²) in [4.78, 5) is 0. The number of hydrogen-bond acceptors (Lipinski definition) is 2. The molecule has 1 aliphatic rings. The third kappa shape index (κ3) is 6.18. The Kier molecular flexibility index (Phi) is 7.89. The van der Waals surface area contributed by atoms with E-state index >= 15 is 0 Å². The van der Waals surface area contributed by atoms with E-state index in [0.29, 0.717) is 17.4 Å². The number of hydrogen-bond donors (Lipinski definition) is 2. The average Bonchev–Trinajstić information content (AvgIpc) is 2.44. The minimum atomic E-state index is 0.111. The maximum absolute atomic E-state index is 4.31. The summed E-state index contributed by atoms with van der Waals surface area (Å²) in [7, 11) is 0. The number of nitrogens with one attached hydrogen (secondary N) is 2. The van der Waals surface area contributed by atoms with Gasteiger partial charge in [0.15, 0.2) is 0 Å². The lowest BCUT2D eigenvalue weighted by Crippen LogP contribution is -2.51. The van der Waals surface area contributed by atoms with E-state index in [4.69, 9.17) is 0 Å². The number of rotatable bonds is 10. The zero-order valence-electron chi connectivity index (χ0n) is 17.2. The molecule has 0 saturated heterocycles. The molecule has 0 aromatic rings. The van der Waals surface area contributed by atoms with Crippen LogP contribution in [0.2, 0.25) is 0 Å². The van der Waals surface area contributed by atoms with Gasteiger partial charge in [0.05, 0.1) is 11.9 Å². The van der Waals surface area contributed by atoms with E-state index in [1.807, 2.05) is 0 Å². The highest BCUT2D eigenvalue weighted by Crippen LogP contribution is 2.41. The standard InChI is InChI=1S/C22H42N2/c1-9-13-22(8,16-17(2)3)24-19(6)23-20(18(4)5)21(7)14-11-10-12-15-21/h17,20,23-24H,4,6,9-16H2,1-3,5,7-8H3/t20?,22-/m0/s1. The van der Waals surface area contributed by atoms with Gasteiger partial charge in [-0.15, -0.1) is 0 Å². The minimum absolute atomic E-state index is 0.111. The van der Waals surface area contributed by atoms with E-state index < -0.39 is 0 Å². The molecule has 1 rings (SSSR count). The molecule has 2 atom stereocenters. The summed E-state index contributed by atoms with van der Waals surface area (Å²) in [6, 6.07) is 0.308. The fourth-order valence-corrected chi connectivity index (χ4v) is 4.78. The summed E-state index contributed by atoms with van der Waals surface area (Å²) in [5, 5.41) is 7.43. The summed E-state index contributed by atoms with van der Waals surface area (Å²) < 4.78 is 0. The lowest BCUT2D eigenvalue weighted by Gasteiger charge is -2.43. The molecule has 1 saturated carbocycles. The predicted octanol–water partition coefficient (Wildman–Crippen LogP) is 6.16. The van der Waals surface area contributed by atoms with Crippen molar-refractivity contribution in [1.82, 2.24) is 10.6 Å². The Morgan fingerprint density at radius 2 is 1.75 bits per heavy atom. The zero-order chi connectivity index (χ0) is 18.4. The van der Waals surface area contributed by atoms with Gasteiger partial charge in [0.25, 0.3) is 0 Å². The molecule has 1 fully saturated rings. The molecular weight excluding hydrogens is 292 g/mol. The highest BCUT2D eigenvalue weighted by Gasteiger charge is 2.36. The van der Waals surface area contributed by atoms with Crippen LogP contribution >= 0.6 is 0 Å². The first-order valence-electron chi connectivity index (χ1n) is 10.0. The topological polar surface area (TPSA) is 24.1 Å². The van der Waals surface area contributed by atoms with Crippen molar-refractivity contribution < 1.29 is 0 Å². The zero-order valence-corrected chi connectivity index (χ0v) is 17.2. The van der Waals surface area contributed by atoms with Crippen molar-refractivity contribution in [2.45, 2.75) is 104 Å². The quantitative estimate of drug-likeness (QED) is 0.468. The van der Waals surface area contributed by atoms with E-state index in [2.05, 4.69) is 65.3 Å². The van der Waals surface area contributed by atoms with E-state index in [9.17, 15) is 0 Å². The largest absolute Gasteiger partial charge is 0.367 e. The van der Waals surface area contributed by atoms with Crippen LogP contribution in [0.25, 0.3) is 0 Å². The van der Waals surface area contributed by atoms with Gasteiger partial charge in [-0.05, 0) is 50.9 Å². The molecule has 1 aliphatic carbocycles. The lowest BCUT2D eigenvalue weighted by molar-refractivity contribution is 0.165. The van der Waals surface area contributed by atoms with E-state index in [-0.39, 0.29) is 5.54 Å². The van der Waals surface area contributed by atoms with Crippen LogP contribution in [0.1, 0.15) is 92.9 Å². The molecule has 2 nitrogen and oxygen atoms in total. The molecule has 0 bridgehead atoms. The Balaban J connectivity index is 2.79. The van der Waals surface area contributed by atoms with Gasteiger partial charge in [-0.2, -0.15) is 0 Å². The second-order valence-corrected chi connectivity index (χ2v) is 9.15. The normalized spacial score (nSPS) is 21.0. The summed E-state index contributed by atoms with van der Waals surface area (Å²) in [5.41, 5.74) is 1.64. The Hall–Kier alpha value is -0.920. The lowest BCUT2D eigenvalue weighted by atomic mass is 9.69. The van der Waals surface area contributed by atoms with Gasteiger partial charge >= 0.3 is 0 Å². The molecule has 0 amide bonds. The smallest absolute Gasteiger partial charge is 0.0921 e. The summed E-state index contributed by atoms with van der Waals surface area (Å²) in [6.45, 7) is 22.4. The molecule has 0 radical (unpaired) electrons. The Labute approximate surface area is 151 Å². The van der Waals surface area contributed by atoms with Crippen molar-refractivity contribution in [2.24, 2.45) is 11.3 Å². The van der Waals surface area contributed by atoms with Crippen LogP contribution in [0, 0.1) is 11.3 Å². The highest BCUT2D eigenvalue weighted by molar-refractivity contribution is 5.14. The van der Waals surface area contributed by atoms with Crippen LogP contribution in [0.5, 0.6) is 0 Å². The molecule has 2 N–H and O–H groups in total. The van der Waals surface area contributed by atoms with E-state index in [0.717, 1.165) is 12.2 Å². The summed E-state index contributed by atoms with van der Waals surface area (Å²) in [5.74, 6) is 1.64. The molecule has 0 spiro atoms. The molecule has 2 heteroatoms. The van der Waals surface area contributed by atoms with Crippen LogP contribution < -0.4 is 10.6 Å². The van der Waals surface area contributed by atoms with Crippen molar-refractivity contribution in [3.05, 3.63) is 24.6 Å². The van der Waals surface area contributed by atoms with Crippen LogP contribution in [0.15, 0.2) is 24.6 Å². The summed E-state index contributed by atoms with van der Waals surface area (Å²) in [6.07, 6.45) is 10.1. The minimum Gasteiger partial charge on any atom is -0.367 e. The maximum atomic E-state index is 4.31. The molecule has 140 valence electrons. The van der Waals surface area contributed by atoms with Gasteiger partial charge in [-0.25, -0.2) is 0 Å². The van der Waals surface area contributed by atoms with Crippen molar-refractivity contribution in [3.63, 3.8) is 0 Å². The predicted molar refractivity (Wildman–Crippen MR) is 108 cm³/mol. The molecule has 1 unspecified atom stereocenters. The van der Waals surface area contributed by atoms with Gasteiger partial charge in [0, 0.05) is 5.54 Å². The Morgan fingerprint density at radius 1 is 1.17 bits per heavy atom. The third-order valence-electron chi connectivity index (χ3n) is 5.62. The van der Waals surface area contributed by atoms with Crippen molar-refractivity contribution in [3.8, 4) is 0 Å². The first-order valence-corrected chi connectivity index (χ1v) is 10.0. The second kappa shape index (κ2) is 8.97. The van der Waals surface area contributed by atoms with E-state index in [1.165, 1.54) is 50.5 Å². The first kappa shape index (κ1) is 21.1. The summed E-state index contributed by atoms with van der Waals surface area (Å²) >= 11 is 0. The Morgan fingerprint density at radius 3 is 2.21 bits per heavy atom. The fraction of sp³-hybridized carbons (Fsp3) is 0.818. The van der Waals surface area contributed by atoms with Crippen molar-refractivity contribution >= 4 is 0 Å².